The van der Waals surface area contributed by atoms with E-state index >= 15 is 0 Å². The predicted octanol–water partition coefficient (Wildman–Crippen LogP) is 0.550. The van der Waals surface area contributed by atoms with Gasteiger partial charge in [-0.2, -0.15) is 0 Å². The molecule has 0 spiro atoms. The number of likely N-dealkylation sites (tertiary alicyclic amines) is 1. The van der Waals surface area contributed by atoms with Crippen LogP contribution in [0.15, 0.2) is 0 Å². The van der Waals surface area contributed by atoms with Gasteiger partial charge in [-0.3, -0.25) is 19.8 Å². The van der Waals surface area contributed by atoms with Gasteiger partial charge in [0.15, 0.2) is 0 Å². The minimum atomic E-state index is -0.868. The highest BCUT2D eigenvalue weighted by Gasteiger charge is 2.28. The maximum Gasteiger partial charge on any atom is 0.321 e. The molecule has 1 heterocycles. The first-order valence-electron chi connectivity index (χ1n) is 6.75. The monoisotopic (exact) mass is 285 g/mol. The summed E-state index contributed by atoms with van der Waals surface area (Å²) in [7, 11) is 0. The second kappa shape index (κ2) is 6.69. The number of carboxylic acid groups (broad SMARTS) is 1. The molecule has 3 amide bonds. The number of rotatable bonds is 4. The van der Waals surface area contributed by atoms with Crippen LogP contribution in [0.1, 0.15) is 40.0 Å². The van der Waals surface area contributed by atoms with Gasteiger partial charge in [0.2, 0.25) is 5.91 Å². The van der Waals surface area contributed by atoms with Crippen LogP contribution in [0.5, 0.6) is 0 Å². The van der Waals surface area contributed by atoms with Crippen LogP contribution in [0.25, 0.3) is 0 Å². The first kappa shape index (κ1) is 16.4. The van der Waals surface area contributed by atoms with E-state index in [1.54, 1.807) is 0 Å². The molecule has 1 fully saturated rings. The summed E-state index contributed by atoms with van der Waals surface area (Å²) in [6, 6.07) is -0.652. The molecule has 7 heteroatoms. The Morgan fingerprint density at radius 1 is 1.30 bits per heavy atom. The number of amides is 3. The average Bonchev–Trinajstić information content (AvgIpc) is 2.60. The van der Waals surface area contributed by atoms with Crippen LogP contribution in [0, 0.1) is 0 Å². The van der Waals surface area contributed by atoms with Gasteiger partial charge in [-0.1, -0.05) is 0 Å². The predicted molar refractivity (Wildman–Crippen MR) is 73.3 cm³/mol. The van der Waals surface area contributed by atoms with E-state index in [4.69, 9.17) is 5.11 Å². The zero-order valence-corrected chi connectivity index (χ0v) is 12.2. The number of carbonyl (C=O) groups excluding carboxylic acids is 2. The van der Waals surface area contributed by atoms with Gasteiger partial charge in [-0.05, 0) is 40.2 Å². The summed E-state index contributed by atoms with van der Waals surface area (Å²) in [5, 5.41) is 13.7. The Bertz CT molecular complexity index is 390. The highest BCUT2D eigenvalue weighted by molar-refractivity contribution is 5.95. The van der Waals surface area contributed by atoms with Crippen molar-refractivity contribution in [2.24, 2.45) is 0 Å². The van der Waals surface area contributed by atoms with Crippen LogP contribution < -0.4 is 10.6 Å². The summed E-state index contributed by atoms with van der Waals surface area (Å²) in [5.41, 5.74) is -0.413. The molecule has 1 aliphatic heterocycles. The van der Waals surface area contributed by atoms with Gasteiger partial charge in [0.1, 0.15) is 0 Å². The molecule has 1 aliphatic rings. The van der Waals surface area contributed by atoms with Crippen molar-refractivity contribution in [1.82, 2.24) is 15.5 Å². The molecule has 1 saturated heterocycles. The molecular weight excluding hydrogens is 262 g/mol. The molecular formula is C13H23N3O4. The van der Waals surface area contributed by atoms with Gasteiger partial charge in [0.05, 0.1) is 13.0 Å². The summed E-state index contributed by atoms with van der Waals surface area (Å²) in [6.45, 7) is 6.20. The molecule has 0 bridgehead atoms. The number of aliphatic carboxylic acids is 1. The Labute approximate surface area is 118 Å². The Morgan fingerprint density at radius 2 is 1.95 bits per heavy atom. The second-order valence-electron chi connectivity index (χ2n) is 6.12. The number of carbonyl (C=O) groups is 3. The first-order valence-corrected chi connectivity index (χ1v) is 6.75. The van der Waals surface area contributed by atoms with Crippen LogP contribution in [-0.4, -0.2) is 52.6 Å². The maximum absolute atomic E-state index is 11.8. The van der Waals surface area contributed by atoms with Gasteiger partial charge in [0, 0.05) is 11.6 Å². The molecule has 1 rings (SSSR count). The van der Waals surface area contributed by atoms with E-state index < -0.39 is 23.4 Å². The highest BCUT2D eigenvalue weighted by Crippen LogP contribution is 2.19. The lowest BCUT2D eigenvalue weighted by molar-refractivity contribution is -0.138. The largest absolute Gasteiger partial charge is 0.481 e. The molecule has 3 N–H and O–H groups in total. The third-order valence-electron chi connectivity index (χ3n) is 3.00. The summed E-state index contributed by atoms with van der Waals surface area (Å²) < 4.78 is 0. The van der Waals surface area contributed by atoms with E-state index in [0.29, 0.717) is 6.54 Å². The molecule has 1 atom stereocenters. The van der Waals surface area contributed by atoms with E-state index in [1.165, 1.54) is 0 Å². The van der Waals surface area contributed by atoms with Crippen molar-refractivity contribution in [2.45, 2.75) is 51.6 Å². The zero-order chi connectivity index (χ0) is 15.3. The molecule has 114 valence electrons. The van der Waals surface area contributed by atoms with Crippen molar-refractivity contribution in [3.8, 4) is 0 Å². The van der Waals surface area contributed by atoms with E-state index in [-0.39, 0.29) is 19.0 Å². The number of carboxylic acids is 1. The van der Waals surface area contributed by atoms with Crippen molar-refractivity contribution in [2.75, 3.05) is 13.1 Å². The van der Waals surface area contributed by atoms with E-state index in [2.05, 4.69) is 10.6 Å². The van der Waals surface area contributed by atoms with E-state index in [0.717, 1.165) is 12.8 Å². The quantitative estimate of drug-likeness (QED) is 0.700. The SMILES string of the molecule is CC(C)(C)NC(=O)NC(=O)CN1CCCC1CC(=O)O. The van der Waals surface area contributed by atoms with Gasteiger partial charge in [-0.15, -0.1) is 0 Å². The summed E-state index contributed by atoms with van der Waals surface area (Å²) in [5.74, 6) is -1.28. The zero-order valence-electron chi connectivity index (χ0n) is 12.2. The lowest BCUT2D eigenvalue weighted by Crippen LogP contribution is -2.50. The molecule has 0 aliphatic carbocycles. The fraction of sp³-hybridized carbons (Fsp3) is 0.769. The third kappa shape index (κ3) is 6.01. The van der Waals surface area contributed by atoms with Crippen molar-refractivity contribution in [3.63, 3.8) is 0 Å². The third-order valence-corrected chi connectivity index (χ3v) is 3.00. The maximum atomic E-state index is 11.8. The lowest BCUT2D eigenvalue weighted by atomic mass is 10.1. The number of urea groups is 1. The van der Waals surface area contributed by atoms with E-state index in [1.807, 2.05) is 25.7 Å². The topological polar surface area (TPSA) is 98.7 Å². The van der Waals surface area contributed by atoms with Gasteiger partial charge in [-0.25, -0.2) is 4.79 Å². The lowest BCUT2D eigenvalue weighted by Gasteiger charge is -2.23. The van der Waals surface area contributed by atoms with Gasteiger partial charge < -0.3 is 10.4 Å². The van der Waals surface area contributed by atoms with Crippen LogP contribution in [0.2, 0.25) is 0 Å². The number of imide groups is 1. The van der Waals surface area contributed by atoms with Crippen LogP contribution in [-0.2, 0) is 9.59 Å². The fourth-order valence-corrected chi connectivity index (χ4v) is 2.26. The minimum Gasteiger partial charge on any atom is -0.481 e. The van der Waals surface area contributed by atoms with E-state index in [9.17, 15) is 14.4 Å². The Balaban J connectivity index is 2.41. The Hall–Kier alpha value is -1.63. The van der Waals surface area contributed by atoms with Gasteiger partial charge in [0.25, 0.3) is 0 Å². The molecule has 0 aromatic heterocycles. The molecule has 20 heavy (non-hydrogen) atoms. The van der Waals surface area contributed by atoms with Crippen LogP contribution >= 0.6 is 0 Å². The second-order valence-corrected chi connectivity index (χ2v) is 6.12. The molecule has 1 unspecified atom stereocenters. The molecule has 0 aromatic carbocycles. The Morgan fingerprint density at radius 3 is 2.50 bits per heavy atom. The average molecular weight is 285 g/mol. The summed E-state index contributed by atoms with van der Waals surface area (Å²) >= 11 is 0. The number of nitrogens with one attached hydrogen (secondary N) is 2. The minimum absolute atomic E-state index is 0.0292. The molecule has 0 radical (unpaired) electrons. The normalized spacial score (nSPS) is 19.6. The first-order chi connectivity index (χ1) is 9.17. The Kier molecular flexibility index (Phi) is 5.50. The molecule has 7 nitrogen and oxygen atoms in total. The summed E-state index contributed by atoms with van der Waals surface area (Å²) in [4.78, 5) is 35.9. The number of hydrogen-bond acceptors (Lipinski definition) is 4. The standard InChI is InChI=1S/C13H23N3O4/c1-13(2,3)15-12(20)14-10(17)8-16-6-4-5-9(16)7-11(18)19/h9H,4-8H2,1-3H3,(H,18,19)(H2,14,15,17,20). The summed E-state index contributed by atoms with van der Waals surface area (Å²) in [6.07, 6.45) is 1.68. The fourth-order valence-electron chi connectivity index (χ4n) is 2.26. The van der Waals surface area contributed by atoms with Crippen LogP contribution in [0.4, 0.5) is 4.79 Å². The number of hydrogen-bond donors (Lipinski definition) is 3. The van der Waals surface area contributed by atoms with Crippen LogP contribution in [0.3, 0.4) is 0 Å². The molecule has 0 aromatic rings. The van der Waals surface area contributed by atoms with Crippen molar-refractivity contribution >= 4 is 17.9 Å². The highest BCUT2D eigenvalue weighted by atomic mass is 16.4. The smallest absolute Gasteiger partial charge is 0.321 e. The van der Waals surface area contributed by atoms with Crippen molar-refractivity contribution in [1.29, 1.82) is 0 Å². The molecule has 0 saturated carbocycles. The van der Waals surface area contributed by atoms with Gasteiger partial charge >= 0.3 is 12.0 Å². The number of nitrogens with zero attached hydrogens (tertiary/aromatic N) is 1. The van der Waals surface area contributed by atoms with Crippen molar-refractivity contribution < 1.29 is 19.5 Å². The van der Waals surface area contributed by atoms with Crippen molar-refractivity contribution in [3.05, 3.63) is 0 Å².